The van der Waals surface area contributed by atoms with E-state index in [4.69, 9.17) is 4.74 Å². The van der Waals surface area contributed by atoms with E-state index < -0.39 is 0 Å². The molecule has 0 bridgehead atoms. The predicted octanol–water partition coefficient (Wildman–Crippen LogP) is 3.96. The highest BCUT2D eigenvalue weighted by molar-refractivity contribution is 5.92. The third kappa shape index (κ3) is 1.78. The Labute approximate surface area is 110 Å². The van der Waals surface area contributed by atoms with E-state index in [1.165, 1.54) is 5.01 Å². The fourth-order valence-corrected chi connectivity index (χ4v) is 2.27. The van der Waals surface area contributed by atoms with Crippen molar-refractivity contribution in [3.8, 4) is 0 Å². The van der Waals surface area contributed by atoms with Crippen molar-refractivity contribution in [2.45, 2.75) is 0 Å². The molecule has 0 N–H and O–H groups in total. The molecule has 0 aliphatic carbocycles. The van der Waals surface area contributed by atoms with Gasteiger partial charge in [-0.05, 0) is 24.3 Å². The van der Waals surface area contributed by atoms with E-state index in [9.17, 15) is 4.91 Å². The molecule has 0 saturated carbocycles. The molecule has 0 aromatic heterocycles. The summed E-state index contributed by atoms with van der Waals surface area (Å²) in [5.74, 6) is 0.717. The zero-order chi connectivity index (χ0) is 13.2. The van der Waals surface area contributed by atoms with Gasteiger partial charge < -0.3 is 4.74 Å². The van der Waals surface area contributed by atoms with Crippen molar-refractivity contribution in [1.29, 1.82) is 0 Å². The van der Waals surface area contributed by atoms with Crippen molar-refractivity contribution in [1.82, 2.24) is 0 Å². The number of hydrogen-bond acceptors (Lipinski definition) is 3. The molecule has 0 fully saturated rings. The molecule has 0 radical (unpaired) electrons. The lowest BCUT2D eigenvalue weighted by Gasteiger charge is -2.17. The zero-order valence-corrected chi connectivity index (χ0v) is 10.4. The second-order valence-corrected chi connectivity index (χ2v) is 4.18. The molecule has 3 rings (SSSR count). The van der Waals surface area contributed by atoms with Gasteiger partial charge in [0, 0.05) is 11.1 Å². The highest BCUT2D eigenvalue weighted by atomic mass is 16.5. The highest BCUT2D eigenvalue weighted by Crippen LogP contribution is 2.39. The number of methoxy groups -OCH3 is 1. The largest absolute Gasteiger partial charge is 0.496 e. The number of para-hydroxylation sites is 2. The lowest BCUT2D eigenvalue weighted by atomic mass is 10.1. The summed E-state index contributed by atoms with van der Waals surface area (Å²) in [5, 5.41) is 4.55. The van der Waals surface area contributed by atoms with Crippen LogP contribution in [0.2, 0.25) is 0 Å². The van der Waals surface area contributed by atoms with E-state index in [0.29, 0.717) is 5.76 Å². The first-order chi connectivity index (χ1) is 9.35. The second-order valence-electron chi connectivity index (χ2n) is 4.18. The molecule has 0 saturated heterocycles. The van der Waals surface area contributed by atoms with Crippen LogP contribution in [0.1, 0.15) is 11.1 Å². The van der Waals surface area contributed by atoms with Crippen LogP contribution < -0.4 is 5.01 Å². The number of fused-ring (bicyclic) bond motifs is 2. The van der Waals surface area contributed by atoms with Gasteiger partial charge in [-0.3, -0.25) is 0 Å². The van der Waals surface area contributed by atoms with Gasteiger partial charge in [-0.25, -0.2) is 0 Å². The van der Waals surface area contributed by atoms with E-state index in [-0.39, 0.29) is 0 Å². The normalized spacial score (nSPS) is 12.9. The summed E-state index contributed by atoms with van der Waals surface area (Å²) in [7, 11) is 1.62. The molecule has 1 heterocycles. The van der Waals surface area contributed by atoms with Crippen molar-refractivity contribution in [2.24, 2.45) is 5.29 Å². The minimum atomic E-state index is 0.717. The van der Waals surface area contributed by atoms with Crippen molar-refractivity contribution >= 4 is 23.2 Å². The van der Waals surface area contributed by atoms with Gasteiger partial charge in [-0.1, -0.05) is 30.3 Å². The Morgan fingerprint density at radius 1 is 1.00 bits per heavy atom. The van der Waals surface area contributed by atoms with Crippen LogP contribution in [0.3, 0.4) is 0 Å². The molecule has 1 aliphatic rings. The molecule has 19 heavy (non-hydrogen) atoms. The molecule has 2 aromatic rings. The Hall–Kier alpha value is -2.62. The van der Waals surface area contributed by atoms with Gasteiger partial charge in [0.1, 0.15) is 5.76 Å². The van der Waals surface area contributed by atoms with E-state index in [1.807, 2.05) is 54.6 Å². The van der Waals surface area contributed by atoms with E-state index in [0.717, 1.165) is 22.5 Å². The topological polar surface area (TPSA) is 41.9 Å². The Morgan fingerprint density at radius 3 is 2.42 bits per heavy atom. The summed E-state index contributed by atoms with van der Waals surface area (Å²) in [4.78, 5) is 11.2. The fourth-order valence-electron chi connectivity index (χ4n) is 2.27. The maximum absolute atomic E-state index is 11.2. The van der Waals surface area contributed by atoms with Gasteiger partial charge in [-0.2, -0.15) is 5.01 Å². The fraction of sp³-hybridized carbons (Fsp3) is 0.0667. The van der Waals surface area contributed by atoms with E-state index in [2.05, 4.69) is 5.29 Å². The summed E-state index contributed by atoms with van der Waals surface area (Å²) in [5.41, 5.74) is 3.21. The first-order valence-electron chi connectivity index (χ1n) is 5.92. The average molecular weight is 252 g/mol. The number of hydrogen-bond donors (Lipinski definition) is 0. The van der Waals surface area contributed by atoms with E-state index >= 15 is 0 Å². The second kappa shape index (κ2) is 4.57. The Balaban J connectivity index is 2.34. The van der Waals surface area contributed by atoms with Crippen molar-refractivity contribution < 1.29 is 4.74 Å². The third-order valence-electron chi connectivity index (χ3n) is 3.15. The minimum absolute atomic E-state index is 0.717. The number of anilines is 2. The van der Waals surface area contributed by atoms with Crippen LogP contribution in [0.5, 0.6) is 0 Å². The predicted molar refractivity (Wildman–Crippen MR) is 75.7 cm³/mol. The number of benzene rings is 2. The quantitative estimate of drug-likeness (QED) is 0.759. The molecule has 0 amide bonds. The van der Waals surface area contributed by atoms with Crippen LogP contribution in [0.15, 0.2) is 53.8 Å². The van der Waals surface area contributed by atoms with Crippen LogP contribution in [-0.4, -0.2) is 7.11 Å². The smallest absolute Gasteiger partial charge is 0.128 e. The SMILES string of the molecule is COC1=Cc2ccccc2N(N=O)c2ccccc21. The number of nitroso groups, excluding NO2 is 1. The van der Waals surface area contributed by atoms with Crippen molar-refractivity contribution in [2.75, 3.05) is 12.1 Å². The molecule has 0 unspecified atom stereocenters. The van der Waals surface area contributed by atoms with Gasteiger partial charge in [0.15, 0.2) is 0 Å². The zero-order valence-electron chi connectivity index (χ0n) is 10.4. The standard InChI is InChI=1S/C15H12N2O2/c1-19-15-10-11-6-2-4-8-13(11)17(16-18)14-9-5-3-7-12(14)15/h2-10H,1H3. The Bertz CT molecular complexity index is 665. The van der Waals surface area contributed by atoms with Crippen LogP contribution in [0, 0.1) is 4.91 Å². The first-order valence-corrected chi connectivity index (χ1v) is 5.92. The summed E-state index contributed by atoms with van der Waals surface area (Å²) >= 11 is 0. The van der Waals surface area contributed by atoms with Gasteiger partial charge in [0.2, 0.25) is 0 Å². The Morgan fingerprint density at radius 2 is 1.68 bits per heavy atom. The number of nitrogens with zero attached hydrogens (tertiary/aromatic N) is 2. The van der Waals surface area contributed by atoms with Crippen molar-refractivity contribution in [3.05, 3.63) is 64.6 Å². The molecule has 2 aromatic carbocycles. The summed E-state index contributed by atoms with van der Waals surface area (Å²) in [6, 6.07) is 15.1. The third-order valence-corrected chi connectivity index (χ3v) is 3.15. The monoisotopic (exact) mass is 252 g/mol. The van der Waals surface area contributed by atoms with E-state index in [1.54, 1.807) is 7.11 Å². The molecule has 0 atom stereocenters. The van der Waals surface area contributed by atoms with Crippen molar-refractivity contribution in [3.63, 3.8) is 0 Å². The lowest BCUT2D eigenvalue weighted by Crippen LogP contribution is -2.09. The lowest BCUT2D eigenvalue weighted by molar-refractivity contribution is 0.373. The average Bonchev–Trinajstić information content (AvgIpc) is 2.61. The molecule has 0 spiro atoms. The number of ether oxygens (including phenoxy) is 1. The van der Waals surface area contributed by atoms with Crippen LogP contribution >= 0.6 is 0 Å². The summed E-state index contributed by atoms with van der Waals surface area (Å²) < 4.78 is 5.44. The van der Waals surface area contributed by atoms with Gasteiger partial charge >= 0.3 is 0 Å². The van der Waals surface area contributed by atoms with Crippen LogP contribution in [0.25, 0.3) is 11.8 Å². The maximum Gasteiger partial charge on any atom is 0.128 e. The summed E-state index contributed by atoms with van der Waals surface area (Å²) in [6.45, 7) is 0. The van der Waals surface area contributed by atoms with Gasteiger partial charge in [-0.15, -0.1) is 4.91 Å². The number of rotatable bonds is 2. The van der Waals surface area contributed by atoms with Crippen LogP contribution in [0.4, 0.5) is 11.4 Å². The molecule has 4 heteroatoms. The van der Waals surface area contributed by atoms with Gasteiger partial charge in [0.25, 0.3) is 0 Å². The first kappa shape index (κ1) is 11.5. The van der Waals surface area contributed by atoms with Crippen LogP contribution in [-0.2, 0) is 4.74 Å². The molecule has 4 nitrogen and oxygen atoms in total. The molecular weight excluding hydrogens is 240 g/mol. The maximum atomic E-state index is 11.2. The van der Waals surface area contributed by atoms with Gasteiger partial charge in [0.05, 0.1) is 23.8 Å². The highest BCUT2D eigenvalue weighted by Gasteiger charge is 2.22. The molecular formula is C15H12N2O2. The minimum Gasteiger partial charge on any atom is -0.496 e. The molecule has 1 aliphatic heterocycles. The Kier molecular flexibility index (Phi) is 2.76. The molecule has 94 valence electrons. The summed E-state index contributed by atoms with van der Waals surface area (Å²) in [6.07, 6.45) is 1.92.